The predicted octanol–water partition coefficient (Wildman–Crippen LogP) is 2.10. The molecule has 6 heteroatoms. The number of carboxylic acids is 1. The van der Waals surface area contributed by atoms with Gasteiger partial charge in [0.05, 0.1) is 19.3 Å². The highest BCUT2D eigenvalue weighted by molar-refractivity contribution is 5.78. The van der Waals surface area contributed by atoms with Gasteiger partial charge in [0, 0.05) is 6.42 Å². The Morgan fingerprint density at radius 1 is 1.24 bits per heavy atom. The molecule has 1 aromatic carbocycles. The van der Waals surface area contributed by atoms with Gasteiger partial charge in [-0.25, -0.2) is 0 Å². The van der Waals surface area contributed by atoms with Crippen molar-refractivity contribution in [1.29, 1.82) is 0 Å². The van der Waals surface area contributed by atoms with E-state index >= 15 is 0 Å². The van der Waals surface area contributed by atoms with Crippen LogP contribution in [0.4, 0.5) is 0 Å². The summed E-state index contributed by atoms with van der Waals surface area (Å²) in [6.45, 7) is 2.19. The molecule has 0 aliphatic rings. The van der Waals surface area contributed by atoms with Gasteiger partial charge in [-0.3, -0.25) is 4.79 Å². The number of carboxylic acid groups (broad SMARTS) is 1. The summed E-state index contributed by atoms with van der Waals surface area (Å²) in [5, 5.41) is 28.1. The number of nitrogens with two attached hydrogens (primary N) is 1. The first-order chi connectivity index (χ1) is 11.9. The molecule has 0 saturated heterocycles. The molecule has 0 amide bonds. The molecule has 2 unspecified atom stereocenters. The van der Waals surface area contributed by atoms with Crippen molar-refractivity contribution in [3.05, 3.63) is 29.8 Å². The second-order valence-corrected chi connectivity index (χ2v) is 6.57. The molecule has 2 atom stereocenters. The van der Waals surface area contributed by atoms with Crippen molar-refractivity contribution < 1.29 is 24.9 Å². The van der Waals surface area contributed by atoms with Crippen LogP contribution in [0, 0.1) is 0 Å². The second-order valence-electron chi connectivity index (χ2n) is 6.57. The Bertz CT molecular complexity index is 505. The summed E-state index contributed by atoms with van der Waals surface area (Å²) in [4.78, 5) is 11.0. The molecule has 25 heavy (non-hydrogen) atoms. The maximum Gasteiger partial charge on any atom is 0.326 e. The van der Waals surface area contributed by atoms with Crippen molar-refractivity contribution in [1.82, 2.24) is 0 Å². The highest BCUT2D eigenvalue weighted by Crippen LogP contribution is 2.17. The molecule has 0 spiro atoms. The third-order valence-electron chi connectivity index (χ3n) is 4.26. The predicted molar refractivity (Wildman–Crippen MR) is 96.7 cm³/mol. The first-order valence-corrected chi connectivity index (χ1v) is 8.94. The standard InChI is InChI=1S/C19H31NO5/c1-2-3-4-5-12-25-17-10-7-15(8-11-17)6-9-16(22)13-19(20,14-21)18(23)24/h7-8,10-11,16,21-22H,2-6,9,12-14,20H2,1H3,(H,23,24). The minimum absolute atomic E-state index is 0.183. The summed E-state index contributed by atoms with van der Waals surface area (Å²) in [5.74, 6) is -0.484. The third kappa shape index (κ3) is 7.86. The molecule has 0 bridgehead atoms. The minimum atomic E-state index is -1.80. The largest absolute Gasteiger partial charge is 0.494 e. The maximum atomic E-state index is 11.0. The Labute approximate surface area is 149 Å². The number of ether oxygens (including phenoxy) is 1. The number of benzene rings is 1. The van der Waals surface area contributed by atoms with Crippen molar-refractivity contribution >= 4 is 5.97 Å². The number of rotatable bonds is 13. The fourth-order valence-corrected chi connectivity index (χ4v) is 2.55. The Morgan fingerprint density at radius 2 is 1.92 bits per heavy atom. The van der Waals surface area contributed by atoms with E-state index in [0.717, 1.165) is 17.7 Å². The van der Waals surface area contributed by atoms with Crippen LogP contribution < -0.4 is 10.5 Å². The number of aryl methyl sites for hydroxylation is 1. The molecule has 0 heterocycles. The highest BCUT2D eigenvalue weighted by Gasteiger charge is 2.35. The van der Waals surface area contributed by atoms with Gasteiger partial charge in [0.1, 0.15) is 11.3 Å². The van der Waals surface area contributed by atoms with Crippen LogP contribution in [-0.4, -0.2) is 46.1 Å². The lowest BCUT2D eigenvalue weighted by molar-refractivity contribution is -0.146. The van der Waals surface area contributed by atoms with E-state index in [2.05, 4.69) is 6.92 Å². The van der Waals surface area contributed by atoms with E-state index in [1.807, 2.05) is 24.3 Å². The van der Waals surface area contributed by atoms with Gasteiger partial charge in [-0.15, -0.1) is 0 Å². The monoisotopic (exact) mass is 353 g/mol. The van der Waals surface area contributed by atoms with E-state index < -0.39 is 24.2 Å². The molecular formula is C19H31NO5. The van der Waals surface area contributed by atoms with E-state index in [4.69, 9.17) is 20.7 Å². The van der Waals surface area contributed by atoms with Crippen LogP contribution >= 0.6 is 0 Å². The van der Waals surface area contributed by atoms with Gasteiger partial charge in [0.2, 0.25) is 0 Å². The zero-order chi connectivity index (χ0) is 18.7. The third-order valence-corrected chi connectivity index (χ3v) is 4.26. The summed E-state index contributed by atoms with van der Waals surface area (Å²) in [5.41, 5.74) is 4.81. The fourth-order valence-electron chi connectivity index (χ4n) is 2.55. The van der Waals surface area contributed by atoms with Gasteiger partial charge < -0.3 is 25.8 Å². The zero-order valence-corrected chi connectivity index (χ0v) is 15.0. The average molecular weight is 353 g/mol. The van der Waals surface area contributed by atoms with Gasteiger partial charge in [-0.05, 0) is 37.0 Å². The molecule has 0 aromatic heterocycles. The highest BCUT2D eigenvalue weighted by atomic mass is 16.5. The molecular weight excluding hydrogens is 322 g/mol. The number of aliphatic carboxylic acids is 1. The first kappa shape index (κ1) is 21.4. The van der Waals surface area contributed by atoms with Crippen LogP contribution in [0.1, 0.15) is 51.0 Å². The summed E-state index contributed by atoms with van der Waals surface area (Å²) in [7, 11) is 0. The molecule has 0 radical (unpaired) electrons. The van der Waals surface area contributed by atoms with Crippen LogP contribution in [0.2, 0.25) is 0 Å². The van der Waals surface area contributed by atoms with Gasteiger partial charge in [0.15, 0.2) is 0 Å². The molecule has 0 aliphatic heterocycles. The van der Waals surface area contributed by atoms with Crippen molar-refractivity contribution in [3.63, 3.8) is 0 Å². The van der Waals surface area contributed by atoms with Gasteiger partial charge in [-0.1, -0.05) is 38.3 Å². The number of hydrogen-bond donors (Lipinski definition) is 4. The lowest BCUT2D eigenvalue weighted by Gasteiger charge is -2.24. The van der Waals surface area contributed by atoms with Crippen molar-refractivity contribution in [2.75, 3.05) is 13.2 Å². The molecule has 5 N–H and O–H groups in total. The zero-order valence-electron chi connectivity index (χ0n) is 15.0. The van der Waals surface area contributed by atoms with E-state index in [1.54, 1.807) is 0 Å². The summed E-state index contributed by atoms with van der Waals surface area (Å²) >= 11 is 0. The summed E-state index contributed by atoms with van der Waals surface area (Å²) in [6, 6.07) is 7.68. The van der Waals surface area contributed by atoms with Gasteiger partial charge in [0.25, 0.3) is 0 Å². The molecule has 6 nitrogen and oxygen atoms in total. The van der Waals surface area contributed by atoms with Crippen LogP contribution in [0.5, 0.6) is 5.75 Å². The maximum absolute atomic E-state index is 11.0. The quantitative estimate of drug-likeness (QED) is 0.404. The second kappa shape index (κ2) is 11.1. The SMILES string of the molecule is CCCCCCOc1ccc(CCC(O)CC(N)(CO)C(=O)O)cc1. The summed E-state index contributed by atoms with van der Waals surface area (Å²) in [6.07, 6.45) is 4.57. The normalized spacial score (nSPS) is 14.7. The van der Waals surface area contributed by atoms with Gasteiger partial charge in [-0.2, -0.15) is 0 Å². The first-order valence-electron chi connectivity index (χ1n) is 8.94. The molecule has 1 rings (SSSR count). The summed E-state index contributed by atoms with van der Waals surface area (Å²) < 4.78 is 5.68. The Kier molecular flexibility index (Phi) is 9.49. The smallest absolute Gasteiger partial charge is 0.326 e. The number of unbranched alkanes of at least 4 members (excludes halogenated alkanes) is 3. The average Bonchev–Trinajstić information content (AvgIpc) is 2.60. The topological polar surface area (TPSA) is 113 Å². The van der Waals surface area contributed by atoms with Gasteiger partial charge >= 0.3 is 5.97 Å². The van der Waals surface area contributed by atoms with Crippen molar-refractivity contribution in [2.45, 2.75) is 63.5 Å². The van der Waals surface area contributed by atoms with Crippen LogP contribution in [0.3, 0.4) is 0 Å². The van der Waals surface area contributed by atoms with Crippen LogP contribution in [0.15, 0.2) is 24.3 Å². The number of aliphatic hydroxyl groups is 2. The van der Waals surface area contributed by atoms with E-state index in [0.29, 0.717) is 19.4 Å². The number of hydrogen-bond acceptors (Lipinski definition) is 5. The van der Waals surface area contributed by atoms with E-state index in [1.165, 1.54) is 19.3 Å². The molecule has 0 fully saturated rings. The Balaban J connectivity index is 2.36. The molecule has 1 aromatic rings. The minimum Gasteiger partial charge on any atom is -0.494 e. The lowest BCUT2D eigenvalue weighted by atomic mass is 9.91. The van der Waals surface area contributed by atoms with Crippen LogP contribution in [-0.2, 0) is 11.2 Å². The molecule has 0 saturated carbocycles. The van der Waals surface area contributed by atoms with E-state index in [-0.39, 0.29) is 6.42 Å². The Morgan fingerprint density at radius 3 is 2.48 bits per heavy atom. The van der Waals surface area contributed by atoms with Crippen LogP contribution in [0.25, 0.3) is 0 Å². The molecule has 0 aliphatic carbocycles. The lowest BCUT2D eigenvalue weighted by Crippen LogP contribution is -2.53. The van der Waals surface area contributed by atoms with Crippen molar-refractivity contribution in [2.24, 2.45) is 5.73 Å². The number of carbonyl (C=O) groups is 1. The fraction of sp³-hybridized carbons (Fsp3) is 0.632. The Hall–Kier alpha value is -1.63. The molecule has 142 valence electrons. The van der Waals surface area contributed by atoms with Crippen molar-refractivity contribution in [3.8, 4) is 5.75 Å². The number of aliphatic hydroxyl groups excluding tert-OH is 2. The van der Waals surface area contributed by atoms with E-state index in [9.17, 15) is 9.90 Å².